The molecule has 6 heteroatoms. The van der Waals surface area contributed by atoms with Crippen LogP contribution in [-0.4, -0.2) is 46.2 Å². The quantitative estimate of drug-likeness (QED) is 0.867. The minimum atomic E-state index is 0.131. The molecule has 3 heterocycles. The molecule has 18 heavy (non-hydrogen) atoms. The Kier molecular flexibility index (Phi) is 3.59. The van der Waals surface area contributed by atoms with Crippen molar-refractivity contribution in [1.29, 1.82) is 0 Å². The van der Waals surface area contributed by atoms with E-state index in [0.717, 1.165) is 30.9 Å². The normalized spacial score (nSPS) is 33.9. The molecule has 2 aliphatic rings. The SMILES string of the molecule is CNC(c1cn[nH]n1)C1CCOC2(CCSC2)C1. The Morgan fingerprint density at radius 3 is 3.28 bits per heavy atom. The smallest absolute Gasteiger partial charge is 0.0996 e. The molecule has 0 bridgehead atoms. The van der Waals surface area contributed by atoms with E-state index >= 15 is 0 Å². The number of thioether (sulfide) groups is 1. The molecule has 100 valence electrons. The number of aromatic amines is 1. The summed E-state index contributed by atoms with van der Waals surface area (Å²) in [5.41, 5.74) is 1.15. The third-order valence-electron chi connectivity index (χ3n) is 4.13. The van der Waals surface area contributed by atoms with Crippen molar-refractivity contribution in [3.05, 3.63) is 11.9 Å². The molecule has 2 fully saturated rings. The summed E-state index contributed by atoms with van der Waals surface area (Å²) in [6.07, 6.45) is 5.26. The second kappa shape index (κ2) is 5.19. The average molecular weight is 268 g/mol. The van der Waals surface area contributed by atoms with Gasteiger partial charge in [-0.25, -0.2) is 0 Å². The molecule has 0 amide bonds. The fraction of sp³-hybridized carbons (Fsp3) is 0.833. The van der Waals surface area contributed by atoms with Gasteiger partial charge in [-0.3, -0.25) is 0 Å². The summed E-state index contributed by atoms with van der Waals surface area (Å²) in [6.45, 7) is 0.876. The Labute approximate surface area is 111 Å². The molecule has 3 atom stereocenters. The van der Waals surface area contributed by atoms with Crippen LogP contribution in [-0.2, 0) is 4.74 Å². The Bertz CT molecular complexity index is 377. The van der Waals surface area contributed by atoms with E-state index in [2.05, 4.69) is 20.7 Å². The first kappa shape index (κ1) is 12.4. The molecule has 0 saturated carbocycles. The number of hydrogen-bond donors (Lipinski definition) is 2. The second-order valence-electron chi connectivity index (χ2n) is 5.25. The minimum Gasteiger partial charge on any atom is -0.374 e. The summed E-state index contributed by atoms with van der Waals surface area (Å²) < 4.78 is 6.08. The number of ether oxygens (including phenoxy) is 1. The Hall–Kier alpha value is -0.590. The van der Waals surface area contributed by atoms with E-state index in [1.165, 1.54) is 12.2 Å². The van der Waals surface area contributed by atoms with E-state index in [1.807, 2.05) is 25.0 Å². The highest BCUT2D eigenvalue weighted by molar-refractivity contribution is 7.99. The maximum absolute atomic E-state index is 6.08. The molecule has 5 nitrogen and oxygen atoms in total. The zero-order valence-electron chi connectivity index (χ0n) is 10.7. The second-order valence-corrected chi connectivity index (χ2v) is 6.35. The van der Waals surface area contributed by atoms with Gasteiger partial charge in [0, 0.05) is 12.4 Å². The highest BCUT2D eigenvalue weighted by Crippen LogP contribution is 2.43. The molecule has 2 N–H and O–H groups in total. The average Bonchev–Trinajstić information content (AvgIpc) is 3.03. The largest absolute Gasteiger partial charge is 0.374 e. The van der Waals surface area contributed by atoms with Gasteiger partial charge in [0.05, 0.1) is 23.5 Å². The lowest BCUT2D eigenvalue weighted by atomic mass is 9.80. The number of hydrogen-bond acceptors (Lipinski definition) is 5. The molecule has 0 radical (unpaired) electrons. The van der Waals surface area contributed by atoms with Crippen LogP contribution in [0.2, 0.25) is 0 Å². The summed E-state index contributed by atoms with van der Waals surface area (Å²) in [5.74, 6) is 2.98. The van der Waals surface area contributed by atoms with Crippen molar-refractivity contribution < 1.29 is 4.74 Å². The van der Waals surface area contributed by atoms with Crippen molar-refractivity contribution in [3.63, 3.8) is 0 Å². The van der Waals surface area contributed by atoms with Gasteiger partial charge in [0.25, 0.3) is 0 Å². The molecular formula is C12H20N4OS. The molecule has 3 unspecified atom stereocenters. The van der Waals surface area contributed by atoms with Crippen molar-refractivity contribution in [3.8, 4) is 0 Å². The van der Waals surface area contributed by atoms with Crippen LogP contribution >= 0.6 is 11.8 Å². The standard InChI is InChI=1S/C12H20N4OS/c1-13-11(10-7-14-16-15-10)9-2-4-17-12(6-9)3-5-18-8-12/h7,9,11,13H,2-6,8H2,1H3,(H,14,15,16). The van der Waals surface area contributed by atoms with Gasteiger partial charge >= 0.3 is 0 Å². The zero-order valence-corrected chi connectivity index (χ0v) is 11.5. The molecule has 2 saturated heterocycles. The van der Waals surface area contributed by atoms with Crippen LogP contribution in [0.15, 0.2) is 6.20 Å². The third-order valence-corrected chi connectivity index (χ3v) is 5.36. The molecule has 0 aromatic carbocycles. The number of rotatable bonds is 3. The van der Waals surface area contributed by atoms with E-state index in [-0.39, 0.29) is 11.6 Å². The highest BCUT2D eigenvalue weighted by Gasteiger charge is 2.42. The van der Waals surface area contributed by atoms with Crippen LogP contribution in [0.3, 0.4) is 0 Å². The summed E-state index contributed by atoms with van der Waals surface area (Å²) in [4.78, 5) is 0. The van der Waals surface area contributed by atoms with E-state index < -0.39 is 0 Å². The van der Waals surface area contributed by atoms with Crippen LogP contribution in [0.4, 0.5) is 0 Å². The van der Waals surface area contributed by atoms with Crippen molar-refractivity contribution in [2.24, 2.45) is 5.92 Å². The first-order chi connectivity index (χ1) is 8.83. The van der Waals surface area contributed by atoms with Gasteiger partial charge < -0.3 is 10.1 Å². The van der Waals surface area contributed by atoms with Crippen LogP contribution in [0, 0.1) is 5.92 Å². The number of aromatic nitrogens is 3. The van der Waals surface area contributed by atoms with Crippen molar-refractivity contribution >= 4 is 11.8 Å². The van der Waals surface area contributed by atoms with Crippen molar-refractivity contribution in [2.75, 3.05) is 25.2 Å². The minimum absolute atomic E-state index is 0.131. The summed E-state index contributed by atoms with van der Waals surface area (Å²) in [7, 11) is 2.00. The number of H-pyrrole nitrogens is 1. The Balaban J connectivity index is 1.74. The molecule has 1 spiro atoms. The topological polar surface area (TPSA) is 62.8 Å². The number of nitrogens with one attached hydrogen (secondary N) is 2. The van der Waals surface area contributed by atoms with Gasteiger partial charge in [0.1, 0.15) is 0 Å². The summed E-state index contributed by atoms with van der Waals surface area (Å²) in [6, 6.07) is 0.287. The van der Waals surface area contributed by atoms with E-state index in [9.17, 15) is 0 Å². The van der Waals surface area contributed by atoms with Crippen molar-refractivity contribution in [2.45, 2.75) is 30.9 Å². The zero-order chi connectivity index (χ0) is 12.4. The lowest BCUT2D eigenvalue weighted by Crippen LogP contribution is -2.43. The predicted molar refractivity (Wildman–Crippen MR) is 71.5 cm³/mol. The van der Waals surface area contributed by atoms with Crippen LogP contribution in [0.25, 0.3) is 0 Å². The summed E-state index contributed by atoms with van der Waals surface area (Å²) >= 11 is 2.02. The Morgan fingerprint density at radius 2 is 2.61 bits per heavy atom. The van der Waals surface area contributed by atoms with E-state index in [0.29, 0.717) is 5.92 Å². The monoisotopic (exact) mass is 268 g/mol. The van der Waals surface area contributed by atoms with E-state index in [4.69, 9.17) is 4.74 Å². The lowest BCUT2D eigenvalue weighted by Gasteiger charge is -2.40. The maximum atomic E-state index is 6.08. The van der Waals surface area contributed by atoms with Crippen LogP contribution < -0.4 is 5.32 Å². The molecule has 1 aromatic rings. The van der Waals surface area contributed by atoms with Gasteiger partial charge in [0.2, 0.25) is 0 Å². The van der Waals surface area contributed by atoms with E-state index in [1.54, 1.807) is 0 Å². The maximum Gasteiger partial charge on any atom is 0.0996 e. The van der Waals surface area contributed by atoms with Gasteiger partial charge in [0.15, 0.2) is 0 Å². The predicted octanol–water partition coefficient (Wildman–Crippen LogP) is 1.37. The summed E-state index contributed by atoms with van der Waals surface area (Å²) in [5, 5.41) is 14.3. The first-order valence-electron chi connectivity index (χ1n) is 6.58. The van der Waals surface area contributed by atoms with Crippen LogP contribution in [0.5, 0.6) is 0 Å². The molecule has 1 aromatic heterocycles. The van der Waals surface area contributed by atoms with Gasteiger partial charge in [-0.15, -0.1) is 0 Å². The molecule has 3 rings (SSSR count). The fourth-order valence-corrected chi connectivity index (χ4v) is 4.58. The molecule has 2 aliphatic heterocycles. The third kappa shape index (κ3) is 2.29. The van der Waals surface area contributed by atoms with Gasteiger partial charge in [-0.2, -0.15) is 27.2 Å². The molecular weight excluding hydrogens is 248 g/mol. The lowest BCUT2D eigenvalue weighted by molar-refractivity contribution is -0.0852. The number of nitrogens with zero attached hydrogens (tertiary/aromatic N) is 2. The van der Waals surface area contributed by atoms with Crippen molar-refractivity contribution in [1.82, 2.24) is 20.7 Å². The fourth-order valence-electron chi connectivity index (χ4n) is 3.20. The van der Waals surface area contributed by atoms with Gasteiger partial charge in [-0.05, 0) is 38.0 Å². The Morgan fingerprint density at radius 1 is 1.67 bits per heavy atom. The van der Waals surface area contributed by atoms with Crippen LogP contribution in [0.1, 0.15) is 31.0 Å². The van der Waals surface area contributed by atoms with Gasteiger partial charge in [-0.1, -0.05) is 0 Å². The first-order valence-corrected chi connectivity index (χ1v) is 7.73. The molecule has 0 aliphatic carbocycles. The highest BCUT2D eigenvalue weighted by atomic mass is 32.2.